The van der Waals surface area contributed by atoms with Crippen molar-refractivity contribution in [3.05, 3.63) is 35.9 Å². The van der Waals surface area contributed by atoms with Crippen molar-refractivity contribution in [3.63, 3.8) is 0 Å². The number of carbonyl (C=O) groups excluding carboxylic acids is 1. The fourth-order valence-corrected chi connectivity index (χ4v) is 1.01. The van der Waals surface area contributed by atoms with Crippen LogP contribution in [0.3, 0.4) is 0 Å². The lowest BCUT2D eigenvalue weighted by Gasteiger charge is -2.11. The lowest BCUT2D eigenvalue weighted by Crippen LogP contribution is -2.27. The number of hydrogen-bond donors (Lipinski definition) is 0. The molecule has 0 saturated carbocycles. The van der Waals surface area contributed by atoms with Crippen molar-refractivity contribution in [3.8, 4) is 0 Å². The Hall–Kier alpha value is -0.420. The first kappa shape index (κ1) is 7.24. The van der Waals surface area contributed by atoms with Gasteiger partial charge in [0.15, 0.2) is 5.78 Å². The van der Waals surface area contributed by atoms with Gasteiger partial charge in [-0.05, 0) is 4.09 Å². The van der Waals surface area contributed by atoms with Crippen LogP contribution in [0.5, 0.6) is 0 Å². The van der Waals surface area contributed by atoms with Gasteiger partial charge in [-0.1, -0.05) is 52.9 Å². The summed E-state index contributed by atoms with van der Waals surface area (Å²) in [6.45, 7) is 0. The number of halogens is 1. The number of alkyl halides is 1. The maximum absolute atomic E-state index is 11.2. The first-order valence-electron chi connectivity index (χ1n) is 3.51. The van der Waals surface area contributed by atoms with Crippen LogP contribution in [0.4, 0.5) is 0 Å². The Balaban J connectivity index is 2.94. The lowest BCUT2D eigenvalue weighted by atomic mass is 10.1. The Morgan fingerprint density at radius 2 is 2.09 bits per heavy atom. The number of benzene rings is 1. The summed E-state index contributed by atoms with van der Waals surface area (Å²) in [4.78, 5) is 11.2. The minimum Gasteiger partial charge on any atom is -0.838 e. The highest BCUT2D eigenvalue weighted by Gasteiger charge is 2.04. The molecule has 58 valence electrons. The third-order valence-corrected chi connectivity index (χ3v) is 1.70. The van der Waals surface area contributed by atoms with E-state index in [0.717, 1.165) is 0 Å². The molecule has 1 unspecified atom stereocenters. The van der Waals surface area contributed by atoms with E-state index in [2.05, 4.69) is 0 Å². The molecule has 0 amide bonds. The standard InChI is InChI=1S/C8H6IO2/c9-8(11)7(10)6-4-2-1-3-5-6/h1-5,8H/q-1/i8T. The molecule has 2 nitrogen and oxygen atoms in total. The highest BCUT2D eigenvalue weighted by atomic mass is 127. The first-order valence-corrected chi connectivity index (χ1v) is 4.09. The number of rotatable bonds is 2. The second kappa shape index (κ2) is 3.82. The van der Waals surface area contributed by atoms with Crippen molar-refractivity contribution in [2.75, 3.05) is 0 Å². The Morgan fingerprint density at radius 1 is 1.55 bits per heavy atom. The minimum atomic E-state index is -2.31. The quantitative estimate of drug-likeness (QED) is 0.453. The highest BCUT2D eigenvalue weighted by Crippen LogP contribution is 2.05. The number of ketones is 1. The average molecular weight is 263 g/mol. The van der Waals surface area contributed by atoms with Crippen LogP contribution in [-0.2, 0) is 0 Å². The van der Waals surface area contributed by atoms with Gasteiger partial charge in [0.05, 0.1) is 0 Å². The van der Waals surface area contributed by atoms with Gasteiger partial charge in [0.2, 0.25) is 0 Å². The van der Waals surface area contributed by atoms with Crippen molar-refractivity contribution < 1.29 is 11.3 Å². The zero-order valence-electron chi connectivity index (χ0n) is 6.58. The molecule has 0 heterocycles. The van der Waals surface area contributed by atoms with Crippen molar-refractivity contribution in [2.45, 2.75) is 4.09 Å². The van der Waals surface area contributed by atoms with Crippen LogP contribution >= 0.6 is 22.6 Å². The van der Waals surface area contributed by atoms with Crippen LogP contribution in [0, 0.1) is 0 Å². The van der Waals surface area contributed by atoms with Crippen LogP contribution in [0.2, 0.25) is 0 Å². The van der Waals surface area contributed by atoms with Crippen LogP contribution in [0.1, 0.15) is 11.7 Å². The molecule has 0 spiro atoms. The molecular formula is C8H6IO2-. The molecule has 1 aromatic rings. The summed E-state index contributed by atoms with van der Waals surface area (Å²) in [6.07, 6.45) is 0. The largest absolute Gasteiger partial charge is 0.838 e. The van der Waals surface area contributed by atoms with Gasteiger partial charge >= 0.3 is 0 Å². The van der Waals surface area contributed by atoms with Gasteiger partial charge in [0, 0.05) is 6.93 Å². The summed E-state index contributed by atoms with van der Waals surface area (Å²) >= 11 is 1.27. The summed E-state index contributed by atoms with van der Waals surface area (Å²) in [5, 5.41) is 10.9. The molecule has 0 fully saturated rings. The number of carbonyl (C=O) groups is 1. The molecule has 0 saturated heterocycles. The molecule has 0 bridgehead atoms. The molecule has 0 radical (unpaired) electrons. The molecule has 0 aromatic heterocycles. The van der Waals surface area contributed by atoms with Gasteiger partial charge < -0.3 is 5.11 Å². The van der Waals surface area contributed by atoms with E-state index in [1.54, 1.807) is 18.2 Å². The SMILES string of the molecule is [3H]C([O-])(I)C(=O)c1ccccc1. The topological polar surface area (TPSA) is 40.1 Å². The number of Topliss-reactive ketones (excluding diaryl/α,β-unsaturated/α-hetero) is 1. The van der Waals surface area contributed by atoms with Crippen LogP contribution in [0.15, 0.2) is 30.3 Å². The summed E-state index contributed by atoms with van der Waals surface area (Å²) in [5.74, 6) is -0.705. The van der Waals surface area contributed by atoms with Crippen molar-refractivity contribution in [1.82, 2.24) is 0 Å². The second-order valence-corrected chi connectivity index (χ2v) is 2.95. The van der Waals surface area contributed by atoms with E-state index in [4.69, 9.17) is 1.37 Å². The fraction of sp³-hybridized carbons (Fsp3) is 0.125. The first-order chi connectivity index (χ1) is 5.52. The maximum Gasteiger partial charge on any atom is 0.159 e. The molecule has 3 heteroatoms. The molecule has 11 heavy (non-hydrogen) atoms. The maximum atomic E-state index is 11.2. The molecule has 0 aliphatic heterocycles. The Bertz CT molecular complexity index is 279. The van der Waals surface area contributed by atoms with Crippen LogP contribution < -0.4 is 5.11 Å². The van der Waals surface area contributed by atoms with Gasteiger partial charge in [0.25, 0.3) is 0 Å². The lowest BCUT2D eigenvalue weighted by molar-refractivity contribution is -0.359. The molecule has 0 aliphatic carbocycles. The zero-order chi connectivity index (χ0) is 9.19. The molecule has 0 aliphatic rings. The summed E-state index contributed by atoms with van der Waals surface area (Å²) < 4.78 is 4.65. The normalized spacial score (nSPS) is 16.7. The van der Waals surface area contributed by atoms with Crippen molar-refractivity contribution >= 4 is 28.4 Å². The smallest absolute Gasteiger partial charge is 0.159 e. The zero-order valence-corrected chi connectivity index (χ0v) is 7.74. The summed E-state index contributed by atoms with van der Waals surface area (Å²) in [6, 6.07) is 8.13. The molecule has 1 rings (SSSR count). The van der Waals surface area contributed by atoms with E-state index in [-0.39, 0.29) is 5.56 Å². The van der Waals surface area contributed by atoms with E-state index in [1.165, 1.54) is 34.7 Å². The van der Waals surface area contributed by atoms with Gasteiger partial charge in [-0.15, -0.1) is 0 Å². The minimum absolute atomic E-state index is 0.289. The highest BCUT2D eigenvalue weighted by molar-refractivity contribution is 14.1. The molecule has 0 N–H and O–H groups in total. The predicted octanol–water partition coefficient (Wildman–Crippen LogP) is 0.991. The van der Waals surface area contributed by atoms with Gasteiger partial charge in [0.1, 0.15) is 0 Å². The van der Waals surface area contributed by atoms with Crippen molar-refractivity contribution in [1.29, 1.82) is 0 Å². The van der Waals surface area contributed by atoms with Gasteiger partial charge in [-0.2, -0.15) is 0 Å². The second-order valence-electron chi connectivity index (χ2n) is 1.97. The van der Waals surface area contributed by atoms with E-state index >= 15 is 0 Å². The number of hydrogen-bond acceptors (Lipinski definition) is 2. The predicted molar refractivity (Wildman–Crippen MR) is 48.6 cm³/mol. The van der Waals surface area contributed by atoms with Crippen LogP contribution in [0.25, 0.3) is 0 Å². The van der Waals surface area contributed by atoms with Gasteiger partial charge in [-0.25, -0.2) is 0 Å². The van der Waals surface area contributed by atoms with E-state index in [9.17, 15) is 9.90 Å². The van der Waals surface area contributed by atoms with Gasteiger partial charge in [-0.3, -0.25) is 4.79 Å². The Kier molecular flexibility index (Phi) is 2.52. The summed E-state index contributed by atoms with van der Waals surface area (Å²) in [7, 11) is 0. The van der Waals surface area contributed by atoms with E-state index < -0.39 is 9.87 Å². The Labute approximate surface area is 79.8 Å². The monoisotopic (exact) mass is 263 g/mol. The molecule has 1 aromatic carbocycles. The third-order valence-electron chi connectivity index (χ3n) is 1.21. The van der Waals surface area contributed by atoms with Crippen LogP contribution in [-0.4, -0.2) is 9.87 Å². The van der Waals surface area contributed by atoms with E-state index in [0.29, 0.717) is 0 Å². The molecule has 1 atom stereocenters. The third kappa shape index (κ3) is 2.27. The van der Waals surface area contributed by atoms with Crippen molar-refractivity contribution in [2.24, 2.45) is 0 Å². The fourth-order valence-electron chi connectivity index (χ4n) is 0.703. The molecular weight excluding hydrogens is 255 g/mol. The average Bonchev–Trinajstić information content (AvgIpc) is 2.03. The summed E-state index contributed by atoms with van der Waals surface area (Å²) in [5.41, 5.74) is 0.289. The van der Waals surface area contributed by atoms with E-state index in [1.807, 2.05) is 0 Å². The Morgan fingerprint density at radius 3 is 2.55 bits per heavy atom.